The van der Waals surface area contributed by atoms with Crippen LogP contribution in [0.3, 0.4) is 0 Å². The smallest absolute Gasteiger partial charge is 0.325 e. The summed E-state index contributed by atoms with van der Waals surface area (Å²) in [7, 11) is 0. The van der Waals surface area contributed by atoms with Crippen LogP contribution < -0.4 is 4.90 Å². The predicted molar refractivity (Wildman–Crippen MR) is 74.8 cm³/mol. The maximum absolute atomic E-state index is 12.3. The maximum Gasteiger partial charge on any atom is 0.325 e. The molecule has 0 aliphatic rings. The molecule has 1 N–H and O–H groups in total. The van der Waals surface area contributed by atoms with E-state index in [1.54, 1.807) is 29.2 Å². The minimum absolute atomic E-state index is 0.324. The lowest BCUT2D eigenvalue weighted by Crippen LogP contribution is -2.45. The fourth-order valence-corrected chi connectivity index (χ4v) is 1.82. The second kappa shape index (κ2) is 6.99. The van der Waals surface area contributed by atoms with Crippen molar-refractivity contribution in [3.63, 3.8) is 0 Å². The van der Waals surface area contributed by atoms with Gasteiger partial charge in [0.1, 0.15) is 6.54 Å². The van der Waals surface area contributed by atoms with E-state index in [1.165, 1.54) is 4.90 Å². The first-order chi connectivity index (χ1) is 8.99. The molecule has 104 valence electrons. The van der Waals surface area contributed by atoms with Crippen molar-refractivity contribution in [1.82, 2.24) is 4.90 Å². The molecule has 0 heterocycles. The quantitative estimate of drug-likeness (QED) is 0.904. The van der Waals surface area contributed by atoms with Gasteiger partial charge in [0.2, 0.25) is 0 Å². The number of carbonyl (C=O) groups excluding carboxylic acids is 1. The number of hydrogen-bond donors (Lipinski definition) is 1. The standard InChI is InChI=1S/C13H17ClN2O3/c1-3-15(4-2)13(19)16(9-12(17)18)11-7-5-10(14)6-8-11/h5-8H,3-4,9H2,1-2H3,(H,17,18). The number of urea groups is 1. The molecule has 5 nitrogen and oxygen atoms in total. The second-order valence-corrected chi connectivity index (χ2v) is 4.35. The largest absolute Gasteiger partial charge is 0.480 e. The topological polar surface area (TPSA) is 60.9 Å². The van der Waals surface area contributed by atoms with Gasteiger partial charge >= 0.3 is 12.0 Å². The van der Waals surface area contributed by atoms with Crippen molar-refractivity contribution < 1.29 is 14.7 Å². The zero-order valence-corrected chi connectivity index (χ0v) is 11.7. The number of anilines is 1. The average Bonchev–Trinajstić information content (AvgIpc) is 2.38. The van der Waals surface area contributed by atoms with Crippen LogP contribution in [0.15, 0.2) is 24.3 Å². The van der Waals surface area contributed by atoms with Gasteiger partial charge in [0, 0.05) is 23.8 Å². The van der Waals surface area contributed by atoms with Crippen molar-refractivity contribution in [2.45, 2.75) is 13.8 Å². The number of rotatable bonds is 5. The van der Waals surface area contributed by atoms with Crippen LogP contribution >= 0.6 is 11.6 Å². The molecule has 0 aliphatic heterocycles. The zero-order chi connectivity index (χ0) is 14.4. The number of carboxylic acid groups (broad SMARTS) is 1. The lowest BCUT2D eigenvalue weighted by Gasteiger charge is -2.28. The molecule has 6 heteroatoms. The summed E-state index contributed by atoms with van der Waals surface area (Å²) in [6, 6.07) is 6.19. The molecule has 0 aromatic heterocycles. The van der Waals surface area contributed by atoms with E-state index in [9.17, 15) is 9.59 Å². The summed E-state index contributed by atoms with van der Waals surface area (Å²) >= 11 is 5.79. The number of amides is 2. The molecule has 0 atom stereocenters. The van der Waals surface area contributed by atoms with E-state index < -0.39 is 5.97 Å². The van der Waals surface area contributed by atoms with Crippen molar-refractivity contribution in [2.24, 2.45) is 0 Å². The van der Waals surface area contributed by atoms with E-state index in [0.717, 1.165) is 0 Å². The molecule has 0 saturated heterocycles. The van der Waals surface area contributed by atoms with Crippen molar-refractivity contribution in [3.05, 3.63) is 29.3 Å². The lowest BCUT2D eigenvalue weighted by atomic mass is 10.3. The van der Waals surface area contributed by atoms with Crippen LogP contribution in [0.25, 0.3) is 0 Å². The molecule has 0 radical (unpaired) electrons. The highest BCUT2D eigenvalue weighted by Gasteiger charge is 2.22. The molecule has 0 unspecified atom stereocenters. The van der Waals surface area contributed by atoms with Gasteiger partial charge in [0.25, 0.3) is 0 Å². The Morgan fingerprint density at radius 2 is 1.68 bits per heavy atom. The Morgan fingerprint density at radius 1 is 1.16 bits per heavy atom. The Balaban J connectivity index is 3.03. The average molecular weight is 285 g/mol. The van der Waals surface area contributed by atoms with Crippen LogP contribution in [0, 0.1) is 0 Å². The van der Waals surface area contributed by atoms with Crippen LogP contribution in [0.1, 0.15) is 13.8 Å². The molecule has 1 aromatic carbocycles. The molecule has 1 aromatic rings. The molecule has 0 spiro atoms. The molecule has 1 rings (SSSR count). The maximum atomic E-state index is 12.3. The Hall–Kier alpha value is -1.75. The molecule has 0 fully saturated rings. The fourth-order valence-electron chi connectivity index (χ4n) is 1.69. The Kier molecular flexibility index (Phi) is 5.63. The fraction of sp³-hybridized carbons (Fsp3) is 0.385. The van der Waals surface area contributed by atoms with E-state index in [-0.39, 0.29) is 12.6 Å². The van der Waals surface area contributed by atoms with Crippen molar-refractivity contribution in [3.8, 4) is 0 Å². The molecule has 0 bridgehead atoms. The van der Waals surface area contributed by atoms with Gasteiger partial charge in [-0.25, -0.2) is 4.79 Å². The van der Waals surface area contributed by atoms with Crippen molar-refractivity contribution in [2.75, 3.05) is 24.5 Å². The Bertz CT molecular complexity index is 444. The highest BCUT2D eigenvalue weighted by atomic mass is 35.5. The third-order valence-electron chi connectivity index (χ3n) is 2.70. The van der Waals surface area contributed by atoms with E-state index >= 15 is 0 Å². The molecule has 0 aliphatic carbocycles. The number of benzene rings is 1. The first-order valence-corrected chi connectivity index (χ1v) is 6.41. The van der Waals surface area contributed by atoms with Gasteiger partial charge in [-0.3, -0.25) is 9.69 Å². The highest BCUT2D eigenvalue weighted by Crippen LogP contribution is 2.19. The number of nitrogens with zero attached hydrogens (tertiary/aromatic N) is 2. The van der Waals surface area contributed by atoms with Crippen LogP contribution in [-0.2, 0) is 4.79 Å². The number of halogens is 1. The summed E-state index contributed by atoms with van der Waals surface area (Å²) in [5, 5.41) is 9.47. The summed E-state index contributed by atoms with van der Waals surface area (Å²) in [4.78, 5) is 26.0. The molecule has 2 amide bonds. The number of aliphatic carboxylic acids is 1. The van der Waals surface area contributed by atoms with E-state index in [4.69, 9.17) is 16.7 Å². The second-order valence-electron chi connectivity index (χ2n) is 3.91. The number of carboxylic acids is 1. The summed E-state index contributed by atoms with van der Waals surface area (Å²) in [5.41, 5.74) is 0.517. The monoisotopic (exact) mass is 284 g/mol. The third kappa shape index (κ3) is 4.13. The van der Waals surface area contributed by atoms with Crippen molar-refractivity contribution >= 4 is 29.3 Å². The van der Waals surface area contributed by atoms with Gasteiger partial charge in [0.05, 0.1) is 0 Å². The highest BCUT2D eigenvalue weighted by molar-refractivity contribution is 6.30. The summed E-state index contributed by atoms with van der Waals surface area (Å²) < 4.78 is 0. The van der Waals surface area contributed by atoms with Crippen molar-refractivity contribution in [1.29, 1.82) is 0 Å². The molecular formula is C13H17ClN2O3. The summed E-state index contributed by atoms with van der Waals surface area (Å²) in [6.07, 6.45) is 0. The van der Waals surface area contributed by atoms with Crippen LogP contribution in [0.2, 0.25) is 5.02 Å². The van der Waals surface area contributed by atoms with Crippen LogP contribution in [0.4, 0.5) is 10.5 Å². The molecular weight excluding hydrogens is 268 g/mol. The minimum atomic E-state index is -1.06. The third-order valence-corrected chi connectivity index (χ3v) is 2.95. The van der Waals surface area contributed by atoms with Gasteiger partial charge in [-0.05, 0) is 38.1 Å². The Morgan fingerprint density at radius 3 is 2.11 bits per heavy atom. The van der Waals surface area contributed by atoms with Gasteiger partial charge < -0.3 is 10.0 Å². The minimum Gasteiger partial charge on any atom is -0.480 e. The van der Waals surface area contributed by atoms with Crippen LogP contribution in [-0.4, -0.2) is 41.6 Å². The van der Waals surface area contributed by atoms with E-state index in [0.29, 0.717) is 23.8 Å². The Labute approximate surface area is 117 Å². The first kappa shape index (κ1) is 15.3. The van der Waals surface area contributed by atoms with E-state index in [2.05, 4.69) is 0 Å². The molecule has 19 heavy (non-hydrogen) atoms. The SMILES string of the molecule is CCN(CC)C(=O)N(CC(=O)O)c1ccc(Cl)cc1. The van der Waals surface area contributed by atoms with Gasteiger partial charge in [0.15, 0.2) is 0 Å². The summed E-state index contributed by atoms with van der Waals surface area (Å²) in [6.45, 7) is 4.37. The predicted octanol–water partition coefficient (Wildman–Crippen LogP) is 2.69. The van der Waals surface area contributed by atoms with Gasteiger partial charge in [-0.2, -0.15) is 0 Å². The lowest BCUT2D eigenvalue weighted by molar-refractivity contribution is -0.135. The van der Waals surface area contributed by atoms with Gasteiger partial charge in [-0.1, -0.05) is 11.6 Å². The van der Waals surface area contributed by atoms with E-state index in [1.807, 2.05) is 13.8 Å². The number of carbonyl (C=O) groups is 2. The number of hydrogen-bond acceptors (Lipinski definition) is 2. The molecule has 0 saturated carbocycles. The first-order valence-electron chi connectivity index (χ1n) is 6.03. The summed E-state index contributed by atoms with van der Waals surface area (Å²) in [5.74, 6) is -1.06. The zero-order valence-electron chi connectivity index (χ0n) is 11.0. The van der Waals surface area contributed by atoms with Gasteiger partial charge in [-0.15, -0.1) is 0 Å². The normalized spacial score (nSPS) is 10.1. The van der Waals surface area contributed by atoms with Crippen LogP contribution in [0.5, 0.6) is 0 Å².